The second-order valence-corrected chi connectivity index (χ2v) is 5.21. The van der Waals surface area contributed by atoms with E-state index in [-0.39, 0.29) is 6.04 Å². The molecule has 0 amide bonds. The number of nitrogens with zero attached hydrogens (tertiary/aromatic N) is 2. The van der Waals surface area contributed by atoms with Crippen molar-refractivity contribution in [3.8, 4) is 11.5 Å². The third-order valence-electron chi connectivity index (χ3n) is 3.63. The van der Waals surface area contributed by atoms with Gasteiger partial charge in [-0.05, 0) is 38.3 Å². The number of nitrogens with two attached hydrogens (primary N) is 1. The second-order valence-electron chi connectivity index (χ2n) is 5.21. The van der Waals surface area contributed by atoms with Gasteiger partial charge in [-0.2, -0.15) is 5.10 Å². The maximum atomic E-state index is 6.10. The van der Waals surface area contributed by atoms with Gasteiger partial charge in [-0.1, -0.05) is 25.1 Å². The van der Waals surface area contributed by atoms with Crippen LogP contribution >= 0.6 is 0 Å². The first-order chi connectivity index (χ1) is 9.52. The van der Waals surface area contributed by atoms with Crippen LogP contribution in [0.1, 0.15) is 30.3 Å². The van der Waals surface area contributed by atoms with Gasteiger partial charge in [0.15, 0.2) is 5.75 Å². The van der Waals surface area contributed by atoms with E-state index in [0.29, 0.717) is 0 Å². The topological polar surface area (TPSA) is 53.1 Å². The second kappa shape index (κ2) is 6.09. The lowest BCUT2D eigenvalue weighted by Crippen LogP contribution is -2.21. The van der Waals surface area contributed by atoms with E-state index < -0.39 is 0 Å². The number of hydrogen-bond donors (Lipinski definition) is 1. The van der Waals surface area contributed by atoms with Gasteiger partial charge >= 0.3 is 0 Å². The summed E-state index contributed by atoms with van der Waals surface area (Å²) in [6, 6.07) is 8.23. The third kappa shape index (κ3) is 3.02. The predicted molar refractivity (Wildman–Crippen MR) is 81.2 cm³/mol. The van der Waals surface area contributed by atoms with Crippen LogP contribution in [-0.2, 0) is 13.5 Å². The standard InChI is InChI=1S/C16H23N3O/c1-5-14(17)10-13-8-6-7-9-15(13)20-16-11(2)18-19(4)12(16)3/h6-9,14H,5,10,17H2,1-4H3. The molecule has 0 spiro atoms. The molecule has 0 fully saturated rings. The van der Waals surface area contributed by atoms with E-state index in [4.69, 9.17) is 10.5 Å². The average molecular weight is 273 g/mol. The Morgan fingerprint density at radius 3 is 2.60 bits per heavy atom. The number of aryl methyl sites for hydroxylation is 2. The van der Waals surface area contributed by atoms with Gasteiger partial charge in [0.1, 0.15) is 11.4 Å². The molecule has 20 heavy (non-hydrogen) atoms. The summed E-state index contributed by atoms with van der Waals surface area (Å²) in [7, 11) is 1.92. The molecule has 1 aromatic carbocycles. The highest BCUT2D eigenvalue weighted by atomic mass is 16.5. The lowest BCUT2D eigenvalue weighted by Gasteiger charge is -2.14. The molecule has 4 nitrogen and oxygen atoms in total. The van der Waals surface area contributed by atoms with Crippen molar-refractivity contribution in [1.29, 1.82) is 0 Å². The van der Waals surface area contributed by atoms with Crippen molar-refractivity contribution in [1.82, 2.24) is 9.78 Å². The van der Waals surface area contributed by atoms with E-state index in [1.165, 1.54) is 0 Å². The molecule has 0 aliphatic heterocycles. The van der Waals surface area contributed by atoms with E-state index in [9.17, 15) is 0 Å². The van der Waals surface area contributed by atoms with Crippen LogP contribution in [0.25, 0.3) is 0 Å². The van der Waals surface area contributed by atoms with Crippen molar-refractivity contribution in [2.24, 2.45) is 12.8 Å². The zero-order valence-electron chi connectivity index (χ0n) is 12.7. The minimum atomic E-state index is 0.163. The summed E-state index contributed by atoms with van der Waals surface area (Å²) in [5, 5.41) is 4.38. The minimum Gasteiger partial charge on any atom is -0.453 e. The fourth-order valence-corrected chi connectivity index (χ4v) is 2.21. The Bertz CT molecular complexity index is 589. The summed E-state index contributed by atoms with van der Waals surface area (Å²) in [6.07, 6.45) is 1.78. The Hall–Kier alpha value is -1.81. The largest absolute Gasteiger partial charge is 0.453 e. The van der Waals surface area contributed by atoms with Gasteiger partial charge in [-0.3, -0.25) is 4.68 Å². The molecule has 0 saturated heterocycles. The lowest BCUT2D eigenvalue weighted by atomic mass is 10.0. The fourth-order valence-electron chi connectivity index (χ4n) is 2.21. The van der Waals surface area contributed by atoms with Crippen molar-refractivity contribution in [2.75, 3.05) is 0 Å². The monoisotopic (exact) mass is 273 g/mol. The van der Waals surface area contributed by atoms with Crippen LogP contribution in [0, 0.1) is 13.8 Å². The zero-order valence-corrected chi connectivity index (χ0v) is 12.7. The lowest BCUT2D eigenvalue weighted by molar-refractivity contribution is 0.464. The van der Waals surface area contributed by atoms with E-state index >= 15 is 0 Å². The van der Waals surface area contributed by atoms with Crippen molar-refractivity contribution in [3.63, 3.8) is 0 Å². The summed E-state index contributed by atoms with van der Waals surface area (Å²) in [5.41, 5.74) is 9.13. The van der Waals surface area contributed by atoms with Gasteiger partial charge in [0.05, 0.1) is 5.69 Å². The highest BCUT2D eigenvalue weighted by Gasteiger charge is 2.14. The van der Waals surface area contributed by atoms with Crippen molar-refractivity contribution >= 4 is 0 Å². The summed E-state index contributed by atoms with van der Waals surface area (Å²) >= 11 is 0. The molecule has 2 aromatic rings. The first kappa shape index (κ1) is 14.6. The van der Waals surface area contributed by atoms with Crippen LogP contribution in [0.15, 0.2) is 24.3 Å². The summed E-state index contributed by atoms with van der Waals surface area (Å²) < 4.78 is 7.94. The molecule has 0 radical (unpaired) electrons. The summed E-state index contributed by atoms with van der Waals surface area (Å²) in [4.78, 5) is 0. The molecule has 2 N–H and O–H groups in total. The fraction of sp³-hybridized carbons (Fsp3) is 0.438. The Morgan fingerprint density at radius 1 is 1.30 bits per heavy atom. The smallest absolute Gasteiger partial charge is 0.171 e. The Labute approximate surface area is 120 Å². The number of hydrogen-bond acceptors (Lipinski definition) is 3. The van der Waals surface area contributed by atoms with Crippen LogP contribution in [0.5, 0.6) is 11.5 Å². The first-order valence-corrected chi connectivity index (χ1v) is 7.04. The van der Waals surface area contributed by atoms with Gasteiger partial charge in [0.2, 0.25) is 0 Å². The number of rotatable bonds is 5. The van der Waals surface area contributed by atoms with E-state index in [1.54, 1.807) is 0 Å². The molecule has 0 saturated carbocycles. The number of para-hydroxylation sites is 1. The molecule has 0 aliphatic carbocycles. The van der Waals surface area contributed by atoms with E-state index in [1.807, 2.05) is 43.8 Å². The molecule has 108 valence electrons. The van der Waals surface area contributed by atoms with Crippen LogP contribution in [-0.4, -0.2) is 15.8 Å². The quantitative estimate of drug-likeness (QED) is 0.910. The molecule has 1 atom stereocenters. The molecule has 1 unspecified atom stereocenters. The van der Waals surface area contributed by atoms with Gasteiger partial charge < -0.3 is 10.5 Å². The molecular weight excluding hydrogens is 250 g/mol. The van der Waals surface area contributed by atoms with Gasteiger partial charge in [0.25, 0.3) is 0 Å². The number of aromatic nitrogens is 2. The Kier molecular flexibility index (Phi) is 4.45. The van der Waals surface area contributed by atoms with Crippen molar-refractivity contribution < 1.29 is 4.74 Å². The number of benzene rings is 1. The van der Waals surface area contributed by atoms with Gasteiger partial charge in [-0.25, -0.2) is 0 Å². The van der Waals surface area contributed by atoms with Crippen LogP contribution in [0.3, 0.4) is 0 Å². The van der Waals surface area contributed by atoms with Crippen molar-refractivity contribution in [3.05, 3.63) is 41.2 Å². The highest BCUT2D eigenvalue weighted by Crippen LogP contribution is 2.30. The van der Waals surface area contributed by atoms with Gasteiger partial charge in [0, 0.05) is 13.1 Å². The first-order valence-electron chi connectivity index (χ1n) is 7.04. The van der Waals surface area contributed by atoms with Crippen LogP contribution < -0.4 is 10.5 Å². The molecular formula is C16H23N3O. The molecule has 0 aliphatic rings. The van der Waals surface area contributed by atoms with E-state index in [2.05, 4.69) is 18.1 Å². The maximum absolute atomic E-state index is 6.10. The van der Waals surface area contributed by atoms with Crippen molar-refractivity contribution in [2.45, 2.75) is 39.7 Å². The molecule has 4 heteroatoms. The molecule has 1 heterocycles. The highest BCUT2D eigenvalue weighted by molar-refractivity contribution is 5.41. The normalized spacial score (nSPS) is 12.4. The molecule has 1 aromatic heterocycles. The molecule has 2 rings (SSSR count). The average Bonchev–Trinajstić information content (AvgIpc) is 2.67. The van der Waals surface area contributed by atoms with Crippen LogP contribution in [0.2, 0.25) is 0 Å². The minimum absolute atomic E-state index is 0.163. The summed E-state index contributed by atoms with van der Waals surface area (Å²) in [6.45, 7) is 6.07. The maximum Gasteiger partial charge on any atom is 0.171 e. The SMILES string of the molecule is CCC(N)Cc1ccccc1Oc1c(C)nn(C)c1C. The summed E-state index contributed by atoms with van der Waals surface area (Å²) in [5.74, 6) is 1.71. The van der Waals surface area contributed by atoms with Gasteiger partial charge in [-0.15, -0.1) is 0 Å². The van der Waals surface area contributed by atoms with Crippen LogP contribution in [0.4, 0.5) is 0 Å². The molecule has 0 bridgehead atoms. The predicted octanol–water partition coefficient (Wildman–Crippen LogP) is 3.11. The Balaban J connectivity index is 2.29. The van der Waals surface area contributed by atoms with E-state index in [0.717, 1.165) is 41.3 Å². The Morgan fingerprint density at radius 2 is 2.00 bits per heavy atom. The zero-order chi connectivity index (χ0) is 14.7. The number of ether oxygens (including phenoxy) is 1. The third-order valence-corrected chi connectivity index (χ3v) is 3.63.